The standard InChI is InChI=1S/C15H15NO2S/c1-10-11-7-9-19-14(11)6-8-16(10)13-5-3-2-4-12(13)15(17)18/h2-5,7,9-10H,6,8H2,1H3,(H,17,18). The molecule has 1 unspecified atom stereocenters. The number of thiophene rings is 1. The van der Waals surface area contributed by atoms with Crippen LogP contribution in [0.1, 0.15) is 33.8 Å². The van der Waals surface area contributed by atoms with Crippen LogP contribution in [-0.2, 0) is 6.42 Å². The van der Waals surface area contributed by atoms with Crippen LogP contribution in [0.3, 0.4) is 0 Å². The van der Waals surface area contributed by atoms with E-state index in [1.54, 1.807) is 23.5 Å². The number of aromatic carboxylic acids is 1. The van der Waals surface area contributed by atoms with Crippen molar-refractivity contribution in [2.45, 2.75) is 19.4 Å². The van der Waals surface area contributed by atoms with E-state index in [0.717, 1.165) is 18.7 Å². The highest BCUT2D eigenvalue weighted by atomic mass is 32.1. The van der Waals surface area contributed by atoms with Gasteiger partial charge in [0.05, 0.1) is 17.3 Å². The monoisotopic (exact) mass is 273 g/mol. The molecule has 0 saturated heterocycles. The van der Waals surface area contributed by atoms with Gasteiger partial charge < -0.3 is 10.0 Å². The molecule has 0 amide bonds. The van der Waals surface area contributed by atoms with E-state index in [1.807, 2.05) is 12.1 Å². The third-order valence-electron chi connectivity index (χ3n) is 3.72. The van der Waals surface area contributed by atoms with E-state index in [-0.39, 0.29) is 6.04 Å². The van der Waals surface area contributed by atoms with Gasteiger partial charge >= 0.3 is 5.97 Å². The van der Waals surface area contributed by atoms with Gasteiger partial charge in [0.25, 0.3) is 0 Å². The molecule has 0 saturated carbocycles. The zero-order chi connectivity index (χ0) is 13.4. The van der Waals surface area contributed by atoms with Crippen LogP contribution in [0.15, 0.2) is 35.7 Å². The maximum absolute atomic E-state index is 11.3. The van der Waals surface area contributed by atoms with Crippen LogP contribution >= 0.6 is 11.3 Å². The molecule has 4 heteroatoms. The van der Waals surface area contributed by atoms with Crippen molar-refractivity contribution in [1.29, 1.82) is 0 Å². The Labute approximate surface area is 116 Å². The van der Waals surface area contributed by atoms with Crippen molar-refractivity contribution in [2.24, 2.45) is 0 Å². The number of nitrogens with zero attached hydrogens (tertiary/aromatic N) is 1. The Morgan fingerprint density at radius 1 is 1.37 bits per heavy atom. The minimum atomic E-state index is -0.862. The minimum absolute atomic E-state index is 0.232. The Morgan fingerprint density at radius 3 is 2.95 bits per heavy atom. The van der Waals surface area contributed by atoms with Crippen molar-refractivity contribution in [3.05, 3.63) is 51.7 Å². The maximum atomic E-state index is 11.3. The Balaban J connectivity index is 2.03. The average molecular weight is 273 g/mol. The molecule has 19 heavy (non-hydrogen) atoms. The van der Waals surface area contributed by atoms with Crippen LogP contribution in [-0.4, -0.2) is 17.6 Å². The van der Waals surface area contributed by atoms with Crippen molar-refractivity contribution in [2.75, 3.05) is 11.4 Å². The Kier molecular flexibility index (Phi) is 3.03. The summed E-state index contributed by atoms with van der Waals surface area (Å²) < 4.78 is 0. The zero-order valence-corrected chi connectivity index (χ0v) is 11.5. The lowest BCUT2D eigenvalue weighted by atomic mass is 9.99. The fraction of sp³-hybridized carbons (Fsp3) is 0.267. The average Bonchev–Trinajstić information content (AvgIpc) is 2.88. The number of rotatable bonds is 2. The quantitative estimate of drug-likeness (QED) is 0.909. The van der Waals surface area contributed by atoms with Gasteiger partial charge in [0.1, 0.15) is 0 Å². The molecular weight excluding hydrogens is 258 g/mol. The van der Waals surface area contributed by atoms with Gasteiger partial charge in [-0.05, 0) is 42.5 Å². The molecule has 0 fully saturated rings. The largest absolute Gasteiger partial charge is 0.478 e. The summed E-state index contributed by atoms with van der Waals surface area (Å²) in [5, 5.41) is 11.4. The molecule has 3 rings (SSSR count). The summed E-state index contributed by atoms with van der Waals surface area (Å²) in [5.74, 6) is -0.862. The van der Waals surface area contributed by atoms with Gasteiger partial charge in [0, 0.05) is 11.4 Å². The Hall–Kier alpha value is -1.81. The van der Waals surface area contributed by atoms with E-state index < -0.39 is 5.97 Å². The van der Waals surface area contributed by atoms with Crippen LogP contribution < -0.4 is 4.90 Å². The first-order chi connectivity index (χ1) is 9.18. The van der Waals surface area contributed by atoms with Gasteiger partial charge in [0.15, 0.2) is 0 Å². The molecule has 1 aromatic heterocycles. The van der Waals surface area contributed by atoms with E-state index >= 15 is 0 Å². The summed E-state index contributed by atoms with van der Waals surface area (Å²) in [5.41, 5.74) is 2.53. The van der Waals surface area contributed by atoms with Crippen LogP contribution in [0, 0.1) is 0 Å². The number of hydrogen-bond acceptors (Lipinski definition) is 3. The predicted octanol–water partition coefficient (Wildman–Crippen LogP) is 3.57. The lowest BCUT2D eigenvalue weighted by molar-refractivity contribution is 0.0697. The number of anilines is 1. The maximum Gasteiger partial charge on any atom is 0.337 e. The second-order valence-corrected chi connectivity index (χ2v) is 5.74. The molecular formula is C15H15NO2S. The number of carboxylic acids is 1. The van der Waals surface area contributed by atoms with E-state index in [4.69, 9.17) is 0 Å². The SMILES string of the molecule is CC1c2ccsc2CCN1c1ccccc1C(=O)O. The van der Waals surface area contributed by atoms with Crippen molar-refractivity contribution in [1.82, 2.24) is 0 Å². The van der Waals surface area contributed by atoms with Crippen LogP contribution in [0.4, 0.5) is 5.69 Å². The first-order valence-corrected chi connectivity index (χ1v) is 7.21. The van der Waals surface area contributed by atoms with Gasteiger partial charge in [-0.25, -0.2) is 4.79 Å². The molecule has 1 N–H and O–H groups in total. The lowest BCUT2D eigenvalue weighted by Crippen LogP contribution is -2.34. The topological polar surface area (TPSA) is 40.5 Å². The van der Waals surface area contributed by atoms with E-state index in [9.17, 15) is 9.90 Å². The second-order valence-electron chi connectivity index (χ2n) is 4.74. The number of benzene rings is 1. The normalized spacial score (nSPS) is 18.2. The molecule has 1 aromatic carbocycles. The summed E-state index contributed by atoms with van der Waals surface area (Å²) in [6.07, 6.45) is 0.991. The first kappa shape index (κ1) is 12.2. The molecule has 3 nitrogen and oxygen atoms in total. The summed E-state index contributed by atoms with van der Waals surface area (Å²) in [4.78, 5) is 15.0. The second kappa shape index (κ2) is 4.70. The number of carboxylic acid groups (broad SMARTS) is 1. The molecule has 2 aromatic rings. The smallest absolute Gasteiger partial charge is 0.337 e. The highest BCUT2D eigenvalue weighted by Gasteiger charge is 2.27. The summed E-state index contributed by atoms with van der Waals surface area (Å²) in [7, 11) is 0. The van der Waals surface area contributed by atoms with Crippen molar-refractivity contribution in [3.8, 4) is 0 Å². The highest BCUT2D eigenvalue weighted by Crippen LogP contribution is 2.37. The van der Waals surface area contributed by atoms with Gasteiger partial charge in [-0.15, -0.1) is 11.3 Å². The van der Waals surface area contributed by atoms with Crippen molar-refractivity contribution >= 4 is 23.0 Å². The minimum Gasteiger partial charge on any atom is -0.478 e. The Bertz CT molecular complexity index is 620. The van der Waals surface area contributed by atoms with Crippen LogP contribution in [0.5, 0.6) is 0 Å². The third-order valence-corrected chi connectivity index (χ3v) is 4.72. The summed E-state index contributed by atoms with van der Waals surface area (Å²) in [6.45, 7) is 3.02. The molecule has 0 bridgehead atoms. The van der Waals surface area contributed by atoms with Gasteiger partial charge in [0.2, 0.25) is 0 Å². The fourth-order valence-corrected chi connectivity index (χ4v) is 3.71. The number of para-hydroxylation sites is 1. The third kappa shape index (κ3) is 2.02. The van der Waals surface area contributed by atoms with Gasteiger partial charge in [-0.3, -0.25) is 0 Å². The zero-order valence-electron chi connectivity index (χ0n) is 10.7. The number of fused-ring (bicyclic) bond motifs is 1. The predicted molar refractivity (Wildman–Crippen MR) is 77.2 cm³/mol. The fourth-order valence-electron chi connectivity index (χ4n) is 2.74. The molecule has 1 aliphatic heterocycles. The highest BCUT2D eigenvalue weighted by molar-refractivity contribution is 7.10. The molecule has 2 heterocycles. The van der Waals surface area contributed by atoms with E-state index in [0.29, 0.717) is 5.56 Å². The molecule has 1 atom stereocenters. The Morgan fingerprint density at radius 2 is 2.16 bits per heavy atom. The van der Waals surface area contributed by atoms with E-state index in [2.05, 4.69) is 23.3 Å². The molecule has 0 aliphatic carbocycles. The van der Waals surface area contributed by atoms with Crippen LogP contribution in [0.2, 0.25) is 0 Å². The summed E-state index contributed by atoms with van der Waals surface area (Å²) in [6, 6.07) is 9.63. The molecule has 98 valence electrons. The van der Waals surface area contributed by atoms with Gasteiger partial charge in [-0.1, -0.05) is 12.1 Å². The van der Waals surface area contributed by atoms with Crippen molar-refractivity contribution in [3.63, 3.8) is 0 Å². The van der Waals surface area contributed by atoms with E-state index in [1.165, 1.54) is 10.4 Å². The van der Waals surface area contributed by atoms with Crippen molar-refractivity contribution < 1.29 is 9.90 Å². The molecule has 0 spiro atoms. The number of carbonyl (C=O) groups is 1. The molecule has 0 radical (unpaired) electrons. The number of hydrogen-bond donors (Lipinski definition) is 1. The molecule has 1 aliphatic rings. The van der Waals surface area contributed by atoms with Gasteiger partial charge in [-0.2, -0.15) is 0 Å². The van der Waals surface area contributed by atoms with Crippen LogP contribution in [0.25, 0.3) is 0 Å². The lowest BCUT2D eigenvalue weighted by Gasteiger charge is -2.36. The first-order valence-electron chi connectivity index (χ1n) is 6.33. The summed E-state index contributed by atoms with van der Waals surface area (Å²) >= 11 is 1.79.